The number of aromatic nitrogens is 2. The number of aryl methyl sites for hydroxylation is 1. The largest absolute Gasteiger partial charge is 0.345 e. The van der Waals surface area contributed by atoms with E-state index in [1.54, 1.807) is 22.7 Å². The zero-order valence-electron chi connectivity index (χ0n) is 10.9. The Balaban J connectivity index is 1.96. The van der Waals surface area contributed by atoms with Crippen LogP contribution in [-0.4, -0.2) is 23.6 Å². The number of hydrogen-bond acceptors (Lipinski definition) is 6. The van der Waals surface area contributed by atoms with E-state index in [0.29, 0.717) is 0 Å². The molecule has 0 aliphatic carbocycles. The fraction of sp³-hybridized carbons (Fsp3) is 0.500. The topological polar surface area (TPSA) is 41.1 Å². The second-order valence-electron chi connectivity index (χ2n) is 4.10. The normalized spacial score (nSPS) is 10.8. The molecule has 0 aromatic carbocycles. The zero-order chi connectivity index (χ0) is 13.0. The molecule has 2 aromatic heterocycles. The van der Waals surface area contributed by atoms with Crippen LogP contribution in [0.25, 0.3) is 0 Å². The third kappa shape index (κ3) is 3.51. The lowest BCUT2D eigenvalue weighted by Crippen LogP contribution is -2.16. The summed E-state index contributed by atoms with van der Waals surface area (Å²) in [5, 5.41) is 7.59. The molecule has 1 N–H and O–H groups in total. The molecular formula is C12H18N4S2. The van der Waals surface area contributed by atoms with E-state index in [1.807, 2.05) is 13.1 Å². The third-order valence-electron chi connectivity index (χ3n) is 2.48. The summed E-state index contributed by atoms with van der Waals surface area (Å²) < 4.78 is 0. The molecule has 0 fully saturated rings. The summed E-state index contributed by atoms with van der Waals surface area (Å²) in [6.45, 7) is 6.85. The van der Waals surface area contributed by atoms with E-state index in [2.05, 4.69) is 39.5 Å². The molecule has 6 heteroatoms. The first-order valence-corrected chi connectivity index (χ1v) is 7.66. The Hall–Kier alpha value is -0.980. The van der Waals surface area contributed by atoms with Crippen molar-refractivity contribution in [2.45, 2.75) is 26.9 Å². The molecule has 2 aromatic rings. The lowest BCUT2D eigenvalue weighted by molar-refractivity contribution is 0.734. The van der Waals surface area contributed by atoms with Gasteiger partial charge < -0.3 is 10.2 Å². The Morgan fingerprint density at radius 3 is 2.94 bits per heavy atom. The highest BCUT2D eigenvalue weighted by atomic mass is 32.1. The fourth-order valence-corrected chi connectivity index (χ4v) is 3.04. The molecule has 0 saturated carbocycles. The molecule has 0 unspecified atom stereocenters. The van der Waals surface area contributed by atoms with Crippen LogP contribution in [0, 0.1) is 6.92 Å². The molecule has 0 bridgehead atoms. The minimum Gasteiger partial charge on any atom is -0.345 e. The fourth-order valence-electron chi connectivity index (χ4n) is 1.60. The monoisotopic (exact) mass is 282 g/mol. The van der Waals surface area contributed by atoms with Gasteiger partial charge in [-0.15, -0.1) is 22.7 Å². The number of rotatable bonds is 6. The zero-order valence-corrected chi connectivity index (χ0v) is 12.6. The van der Waals surface area contributed by atoms with Crippen LogP contribution in [0.1, 0.15) is 22.5 Å². The van der Waals surface area contributed by atoms with Crippen molar-refractivity contribution in [3.05, 3.63) is 27.2 Å². The lowest BCUT2D eigenvalue weighted by atomic mass is 10.4. The average Bonchev–Trinajstić information content (AvgIpc) is 2.96. The highest BCUT2D eigenvalue weighted by Crippen LogP contribution is 2.23. The van der Waals surface area contributed by atoms with E-state index in [1.165, 1.54) is 4.88 Å². The molecule has 2 heterocycles. The van der Waals surface area contributed by atoms with E-state index in [9.17, 15) is 0 Å². The maximum absolute atomic E-state index is 4.47. The molecule has 98 valence electrons. The van der Waals surface area contributed by atoms with Crippen molar-refractivity contribution in [3.63, 3.8) is 0 Å². The predicted octanol–water partition coefficient (Wildman–Crippen LogP) is 2.65. The van der Waals surface area contributed by atoms with Crippen LogP contribution in [-0.2, 0) is 13.1 Å². The SMILES string of the molecule is CCNCc1cnc(N(C)Cc2csc(C)n2)s1. The van der Waals surface area contributed by atoms with Crippen LogP contribution in [0.3, 0.4) is 0 Å². The van der Waals surface area contributed by atoms with Crippen molar-refractivity contribution >= 4 is 27.8 Å². The molecule has 0 saturated heterocycles. The molecule has 0 amide bonds. The van der Waals surface area contributed by atoms with E-state index in [0.717, 1.165) is 35.5 Å². The summed E-state index contributed by atoms with van der Waals surface area (Å²) in [5.74, 6) is 0. The quantitative estimate of drug-likeness (QED) is 0.884. The number of nitrogens with zero attached hydrogens (tertiary/aromatic N) is 3. The van der Waals surface area contributed by atoms with Gasteiger partial charge in [0.2, 0.25) is 0 Å². The minimum absolute atomic E-state index is 0.818. The van der Waals surface area contributed by atoms with Gasteiger partial charge in [0.1, 0.15) is 0 Å². The minimum atomic E-state index is 0.818. The average molecular weight is 282 g/mol. The van der Waals surface area contributed by atoms with Gasteiger partial charge in [0.25, 0.3) is 0 Å². The van der Waals surface area contributed by atoms with Gasteiger partial charge in [-0.05, 0) is 13.5 Å². The Morgan fingerprint density at radius 2 is 2.28 bits per heavy atom. The first-order chi connectivity index (χ1) is 8.69. The Labute approximate surface area is 116 Å². The Bertz CT molecular complexity index is 492. The van der Waals surface area contributed by atoms with Crippen molar-refractivity contribution < 1.29 is 0 Å². The number of thiazole rings is 2. The van der Waals surface area contributed by atoms with Crippen molar-refractivity contribution in [3.8, 4) is 0 Å². The summed E-state index contributed by atoms with van der Waals surface area (Å²) in [7, 11) is 2.06. The molecule has 0 aliphatic heterocycles. The Kier molecular flexibility index (Phi) is 4.68. The second-order valence-corrected chi connectivity index (χ2v) is 6.26. The van der Waals surface area contributed by atoms with Crippen LogP contribution < -0.4 is 10.2 Å². The maximum Gasteiger partial charge on any atom is 0.185 e. The van der Waals surface area contributed by atoms with Gasteiger partial charge in [-0.25, -0.2) is 9.97 Å². The third-order valence-corrected chi connectivity index (χ3v) is 4.42. The molecule has 0 radical (unpaired) electrons. The van der Waals surface area contributed by atoms with Gasteiger partial charge in [-0.1, -0.05) is 6.92 Å². The maximum atomic E-state index is 4.47. The summed E-state index contributed by atoms with van der Waals surface area (Å²) in [6, 6.07) is 0. The summed E-state index contributed by atoms with van der Waals surface area (Å²) in [5.41, 5.74) is 1.11. The van der Waals surface area contributed by atoms with Crippen molar-refractivity contribution in [1.29, 1.82) is 0 Å². The van der Waals surface area contributed by atoms with Crippen molar-refractivity contribution in [2.75, 3.05) is 18.5 Å². The lowest BCUT2D eigenvalue weighted by Gasteiger charge is -2.13. The van der Waals surface area contributed by atoms with Crippen LogP contribution in [0.2, 0.25) is 0 Å². The van der Waals surface area contributed by atoms with Gasteiger partial charge in [0.15, 0.2) is 5.13 Å². The van der Waals surface area contributed by atoms with Crippen LogP contribution >= 0.6 is 22.7 Å². The van der Waals surface area contributed by atoms with Gasteiger partial charge in [0, 0.05) is 30.0 Å². The first kappa shape index (κ1) is 13.5. The van der Waals surface area contributed by atoms with Crippen molar-refractivity contribution in [1.82, 2.24) is 15.3 Å². The predicted molar refractivity (Wildman–Crippen MR) is 78.5 cm³/mol. The summed E-state index contributed by atoms with van der Waals surface area (Å²) >= 11 is 3.43. The smallest absolute Gasteiger partial charge is 0.185 e. The molecule has 18 heavy (non-hydrogen) atoms. The molecule has 4 nitrogen and oxygen atoms in total. The number of nitrogens with one attached hydrogen (secondary N) is 1. The van der Waals surface area contributed by atoms with E-state index >= 15 is 0 Å². The van der Waals surface area contributed by atoms with E-state index < -0.39 is 0 Å². The molecule has 0 aliphatic rings. The Morgan fingerprint density at radius 1 is 1.44 bits per heavy atom. The van der Waals surface area contributed by atoms with E-state index in [4.69, 9.17) is 0 Å². The molecule has 0 spiro atoms. The number of anilines is 1. The first-order valence-electron chi connectivity index (χ1n) is 5.96. The van der Waals surface area contributed by atoms with Gasteiger partial charge in [-0.3, -0.25) is 0 Å². The molecular weight excluding hydrogens is 264 g/mol. The summed E-state index contributed by atoms with van der Waals surface area (Å²) in [6.07, 6.45) is 1.95. The molecule has 0 atom stereocenters. The van der Waals surface area contributed by atoms with Crippen LogP contribution in [0.15, 0.2) is 11.6 Å². The van der Waals surface area contributed by atoms with Crippen LogP contribution in [0.4, 0.5) is 5.13 Å². The number of hydrogen-bond donors (Lipinski definition) is 1. The van der Waals surface area contributed by atoms with Crippen molar-refractivity contribution in [2.24, 2.45) is 0 Å². The van der Waals surface area contributed by atoms with Gasteiger partial charge >= 0.3 is 0 Å². The molecule has 2 rings (SSSR count). The second kappa shape index (κ2) is 6.26. The summed E-state index contributed by atoms with van der Waals surface area (Å²) in [4.78, 5) is 12.3. The van der Waals surface area contributed by atoms with Gasteiger partial charge in [0.05, 0.1) is 17.2 Å². The van der Waals surface area contributed by atoms with Crippen LogP contribution in [0.5, 0.6) is 0 Å². The standard InChI is InChI=1S/C12H18N4S2/c1-4-13-5-11-6-14-12(18-11)16(3)7-10-8-17-9(2)15-10/h6,8,13H,4-5,7H2,1-3H3. The van der Waals surface area contributed by atoms with Gasteiger partial charge in [-0.2, -0.15) is 0 Å². The highest BCUT2D eigenvalue weighted by molar-refractivity contribution is 7.15. The highest BCUT2D eigenvalue weighted by Gasteiger charge is 2.09. The van der Waals surface area contributed by atoms with E-state index in [-0.39, 0.29) is 0 Å².